The molecule has 9 heteroatoms. The van der Waals surface area contributed by atoms with Gasteiger partial charge in [0.05, 0.1) is 12.3 Å². The van der Waals surface area contributed by atoms with E-state index in [-0.39, 0.29) is 24.1 Å². The first-order valence-corrected chi connectivity index (χ1v) is 11.2. The van der Waals surface area contributed by atoms with E-state index in [2.05, 4.69) is 5.32 Å². The standard InChI is InChI=1S/C22H25F3N2O3S/c1-2-30-17-12-7-6-11-16(17)27(21(29)22(23,24)25)19(18-13-8-14-31-18)20(28)26-15-9-4-3-5-10-15/h6-8,11-15,19H,2-5,9-10H2,1H3,(H,26,28)/t19-/m1/s1. The van der Waals surface area contributed by atoms with Crippen LogP contribution in [0.25, 0.3) is 0 Å². The fourth-order valence-corrected chi connectivity index (χ4v) is 4.60. The quantitative estimate of drug-likeness (QED) is 0.623. The zero-order valence-corrected chi connectivity index (χ0v) is 18.0. The van der Waals surface area contributed by atoms with E-state index in [1.165, 1.54) is 18.2 Å². The number of nitrogens with one attached hydrogen (secondary N) is 1. The smallest absolute Gasteiger partial charge is 0.471 e. The van der Waals surface area contributed by atoms with Crippen LogP contribution in [0.1, 0.15) is 49.9 Å². The molecular formula is C22H25F3N2O3S. The van der Waals surface area contributed by atoms with Crippen molar-refractivity contribution in [1.29, 1.82) is 0 Å². The van der Waals surface area contributed by atoms with Crippen LogP contribution in [0.2, 0.25) is 0 Å². The summed E-state index contributed by atoms with van der Waals surface area (Å²) in [5, 5.41) is 4.55. The molecule has 3 rings (SSSR count). The molecule has 1 heterocycles. The summed E-state index contributed by atoms with van der Waals surface area (Å²) in [6.45, 7) is 1.89. The SMILES string of the molecule is CCOc1ccccc1N(C(=O)C(F)(F)F)[C@@H](C(=O)NC1CCCCC1)c1cccs1. The Hall–Kier alpha value is -2.55. The van der Waals surface area contributed by atoms with Gasteiger partial charge in [0.25, 0.3) is 0 Å². The highest BCUT2D eigenvalue weighted by Crippen LogP contribution is 2.39. The molecule has 1 saturated carbocycles. The third kappa shape index (κ3) is 5.58. The number of halogens is 3. The predicted octanol–water partition coefficient (Wildman–Crippen LogP) is 5.23. The number of amides is 2. The van der Waals surface area contributed by atoms with Crippen LogP contribution in [0, 0.1) is 0 Å². The average molecular weight is 455 g/mol. The summed E-state index contributed by atoms with van der Waals surface area (Å²) in [5.41, 5.74) is -0.0936. The first-order valence-electron chi connectivity index (χ1n) is 10.3. The van der Waals surface area contributed by atoms with E-state index in [1.54, 1.807) is 30.5 Å². The highest BCUT2D eigenvalue weighted by atomic mass is 32.1. The number of hydrogen-bond acceptors (Lipinski definition) is 4. The van der Waals surface area contributed by atoms with Gasteiger partial charge in [0.15, 0.2) is 6.04 Å². The fourth-order valence-electron chi connectivity index (χ4n) is 3.78. The van der Waals surface area contributed by atoms with Gasteiger partial charge in [-0.2, -0.15) is 13.2 Å². The van der Waals surface area contributed by atoms with E-state index in [4.69, 9.17) is 4.74 Å². The molecule has 168 valence electrons. The van der Waals surface area contributed by atoms with E-state index in [9.17, 15) is 22.8 Å². The molecule has 0 aliphatic heterocycles. The molecule has 0 unspecified atom stereocenters. The maximum Gasteiger partial charge on any atom is 0.471 e. The Morgan fingerprint density at radius 3 is 2.48 bits per heavy atom. The Labute approximate surface area is 183 Å². The molecule has 0 bridgehead atoms. The predicted molar refractivity (Wildman–Crippen MR) is 113 cm³/mol. The number of carbonyl (C=O) groups is 2. The zero-order chi connectivity index (χ0) is 22.4. The lowest BCUT2D eigenvalue weighted by Gasteiger charge is -2.33. The molecular weight excluding hydrogens is 429 g/mol. The number of para-hydroxylation sites is 2. The van der Waals surface area contributed by atoms with Gasteiger partial charge in [0.1, 0.15) is 5.75 Å². The van der Waals surface area contributed by atoms with Crippen LogP contribution in [0.15, 0.2) is 41.8 Å². The molecule has 0 spiro atoms. The van der Waals surface area contributed by atoms with Gasteiger partial charge < -0.3 is 10.1 Å². The van der Waals surface area contributed by atoms with E-state index in [0.717, 1.165) is 43.4 Å². The molecule has 0 saturated heterocycles. The van der Waals surface area contributed by atoms with Crippen molar-refractivity contribution in [3.63, 3.8) is 0 Å². The first kappa shape index (κ1) is 23.1. The molecule has 1 atom stereocenters. The zero-order valence-electron chi connectivity index (χ0n) is 17.2. The minimum Gasteiger partial charge on any atom is -0.492 e. The number of benzene rings is 1. The van der Waals surface area contributed by atoms with Crippen molar-refractivity contribution in [1.82, 2.24) is 5.32 Å². The van der Waals surface area contributed by atoms with Crippen molar-refractivity contribution in [2.75, 3.05) is 11.5 Å². The van der Waals surface area contributed by atoms with Crippen molar-refractivity contribution in [3.05, 3.63) is 46.7 Å². The van der Waals surface area contributed by atoms with Crippen LogP contribution in [0.3, 0.4) is 0 Å². The monoisotopic (exact) mass is 454 g/mol. The first-order chi connectivity index (χ1) is 14.8. The van der Waals surface area contributed by atoms with Gasteiger partial charge in [-0.3, -0.25) is 14.5 Å². The lowest BCUT2D eigenvalue weighted by molar-refractivity contribution is -0.171. The summed E-state index contributed by atoms with van der Waals surface area (Å²) >= 11 is 1.13. The second kappa shape index (κ2) is 10.2. The van der Waals surface area contributed by atoms with Gasteiger partial charge in [0, 0.05) is 10.9 Å². The minimum absolute atomic E-state index is 0.0936. The number of alkyl halides is 3. The number of thiophene rings is 1. The topological polar surface area (TPSA) is 58.6 Å². The second-order valence-electron chi connectivity index (χ2n) is 7.34. The molecule has 31 heavy (non-hydrogen) atoms. The Kier molecular flexibility index (Phi) is 7.59. The van der Waals surface area contributed by atoms with Gasteiger partial charge in [-0.05, 0) is 43.3 Å². The molecule has 1 aliphatic carbocycles. The Balaban J connectivity index is 2.07. The van der Waals surface area contributed by atoms with Gasteiger partial charge in [-0.1, -0.05) is 37.5 Å². The van der Waals surface area contributed by atoms with Crippen molar-refractivity contribution in [2.24, 2.45) is 0 Å². The summed E-state index contributed by atoms with van der Waals surface area (Å²) in [6.07, 6.45) is -0.654. The van der Waals surface area contributed by atoms with E-state index >= 15 is 0 Å². The molecule has 1 fully saturated rings. The molecule has 0 radical (unpaired) electrons. The fraction of sp³-hybridized carbons (Fsp3) is 0.455. The Morgan fingerprint density at radius 1 is 1.16 bits per heavy atom. The second-order valence-corrected chi connectivity index (χ2v) is 8.31. The van der Waals surface area contributed by atoms with Crippen molar-refractivity contribution in [2.45, 2.75) is 57.3 Å². The lowest BCUT2D eigenvalue weighted by Crippen LogP contribution is -2.50. The molecule has 1 N–H and O–H groups in total. The lowest BCUT2D eigenvalue weighted by atomic mass is 9.95. The summed E-state index contributed by atoms with van der Waals surface area (Å²) < 4.78 is 46.5. The van der Waals surface area contributed by atoms with Crippen molar-refractivity contribution in [3.8, 4) is 5.75 Å². The third-order valence-corrected chi connectivity index (χ3v) is 6.08. The highest BCUT2D eigenvalue weighted by molar-refractivity contribution is 7.10. The largest absolute Gasteiger partial charge is 0.492 e. The molecule has 1 aromatic heterocycles. The molecule has 1 aromatic carbocycles. The third-order valence-electron chi connectivity index (χ3n) is 5.16. The van der Waals surface area contributed by atoms with E-state index in [0.29, 0.717) is 9.78 Å². The number of carbonyl (C=O) groups excluding carboxylic acids is 2. The van der Waals surface area contributed by atoms with Gasteiger partial charge in [0.2, 0.25) is 5.91 Å². The molecule has 2 aromatic rings. The van der Waals surface area contributed by atoms with Crippen LogP contribution in [-0.4, -0.2) is 30.6 Å². The highest BCUT2D eigenvalue weighted by Gasteiger charge is 2.48. The summed E-state index contributed by atoms with van der Waals surface area (Å²) in [5.74, 6) is -2.63. The van der Waals surface area contributed by atoms with Gasteiger partial charge in [-0.25, -0.2) is 0 Å². The molecule has 2 amide bonds. The van der Waals surface area contributed by atoms with Gasteiger partial charge >= 0.3 is 12.1 Å². The van der Waals surface area contributed by atoms with Crippen molar-refractivity contribution < 1.29 is 27.5 Å². The number of rotatable bonds is 7. The number of hydrogen-bond donors (Lipinski definition) is 1. The number of ether oxygens (including phenoxy) is 1. The normalized spacial score (nSPS) is 15.9. The Bertz CT molecular complexity index is 880. The van der Waals surface area contributed by atoms with Crippen LogP contribution >= 0.6 is 11.3 Å². The summed E-state index contributed by atoms with van der Waals surface area (Å²) in [7, 11) is 0. The number of anilines is 1. The van der Waals surface area contributed by atoms with Crippen LogP contribution in [0.4, 0.5) is 18.9 Å². The molecule has 1 aliphatic rings. The van der Waals surface area contributed by atoms with E-state index < -0.39 is 24.0 Å². The maximum atomic E-state index is 13.7. The van der Waals surface area contributed by atoms with Crippen molar-refractivity contribution >= 4 is 28.8 Å². The van der Waals surface area contributed by atoms with E-state index in [1.807, 2.05) is 0 Å². The molecule has 5 nitrogen and oxygen atoms in total. The number of nitrogens with zero attached hydrogens (tertiary/aromatic N) is 1. The van der Waals surface area contributed by atoms with Crippen LogP contribution in [0.5, 0.6) is 5.75 Å². The average Bonchev–Trinajstić information content (AvgIpc) is 3.26. The Morgan fingerprint density at radius 2 is 1.87 bits per heavy atom. The van der Waals surface area contributed by atoms with Gasteiger partial charge in [-0.15, -0.1) is 11.3 Å². The summed E-state index contributed by atoms with van der Waals surface area (Å²) in [4.78, 5) is 26.8. The van der Waals surface area contributed by atoms with Crippen LogP contribution < -0.4 is 15.0 Å². The maximum absolute atomic E-state index is 13.7. The minimum atomic E-state index is -5.17. The summed E-state index contributed by atoms with van der Waals surface area (Å²) in [6, 6.07) is 7.60. The van der Waals surface area contributed by atoms with Crippen LogP contribution in [-0.2, 0) is 9.59 Å².